The zero-order chi connectivity index (χ0) is 14.6. The molecule has 0 radical (unpaired) electrons. The number of benzene rings is 1. The van der Waals surface area contributed by atoms with Gasteiger partial charge in [-0.2, -0.15) is 0 Å². The fourth-order valence-electron chi connectivity index (χ4n) is 2.78. The summed E-state index contributed by atoms with van der Waals surface area (Å²) >= 11 is 3.64. The second-order valence-electron chi connectivity index (χ2n) is 5.33. The molecule has 1 aromatic carbocycles. The van der Waals surface area contributed by atoms with E-state index in [9.17, 15) is 0 Å². The van der Waals surface area contributed by atoms with Crippen molar-refractivity contribution in [3.8, 4) is 11.3 Å². The van der Waals surface area contributed by atoms with Crippen molar-refractivity contribution in [2.45, 2.75) is 13.8 Å². The van der Waals surface area contributed by atoms with Gasteiger partial charge in [0.15, 0.2) is 6.20 Å². The number of aromatic nitrogens is 2. The van der Waals surface area contributed by atoms with Gasteiger partial charge in [-0.25, -0.2) is 9.55 Å². The van der Waals surface area contributed by atoms with E-state index in [1.165, 1.54) is 36.4 Å². The lowest BCUT2D eigenvalue weighted by Crippen LogP contribution is -2.30. The van der Waals surface area contributed by atoms with E-state index in [1.807, 2.05) is 11.3 Å². The highest BCUT2D eigenvalue weighted by molar-refractivity contribution is 7.41. The molecule has 3 heterocycles. The molecule has 21 heavy (non-hydrogen) atoms. The van der Waals surface area contributed by atoms with Crippen molar-refractivity contribution in [2.24, 2.45) is 7.05 Å². The van der Waals surface area contributed by atoms with Gasteiger partial charge >= 0.3 is 0 Å². The molecule has 0 saturated heterocycles. The lowest BCUT2D eigenvalue weighted by atomic mass is 10.0. The highest BCUT2D eigenvalue weighted by Crippen LogP contribution is 2.39. The molecule has 0 bridgehead atoms. The van der Waals surface area contributed by atoms with Crippen LogP contribution in [0, 0.1) is 13.8 Å². The molecule has 0 N–H and O–H groups in total. The molecule has 0 aliphatic rings. The molecular weight excluding hydrogens is 296 g/mol. The van der Waals surface area contributed by atoms with Gasteiger partial charge in [0.1, 0.15) is 16.6 Å². The van der Waals surface area contributed by atoms with E-state index in [2.05, 4.69) is 67.0 Å². The number of rotatable bonds is 1. The topological polar surface area (TPSA) is 16.8 Å². The summed E-state index contributed by atoms with van der Waals surface area (Å²) in [7, 11) is 2.09. The van der Waals surface area contributed by atoms with E-state index in [0.29, 0.717) is 0 Å². The lowest BCUT2D eigenvalue weighted by Gasteiger charge is -2.04. The van der Waals surface area contributed by atoms with Crippen LogP contribution in [0.4, 0.5) is 0 Å². The third-order valence-electron chi connectivity index (χ3n) is 3.82. The first-order chi connectivity index (χ1) is 10.1. The van der Waals surface area contributed by atoms with Crippen LogP contribution in [0.15, 0.2) is 36.5 Å². The average molecular weight is 311 g/mol. The number of pyridine rings is 1. The number of hydrogen-bond donors (Lipinski definition) is 0. The fourth-order valence-corrected chi connectivity index (χ4v) is 5.13. The Morgan fingerprint density at radius 1 is 1.10 bits per heavy atom. The summed E-state index contributed by atoms with van der Waals surface area (Å²) in [6.07, 6.45) is 2.09. The maximum Gasteiger partial charge on any atom is 0.212 e. The van der Waals surface area contributed by atoms with E-state index in [4.69, 9.17) is 0 Å². The summed E-state index contributed by atoms with van der Waals surface area (Å²) in [6, 6.07) is 10.9. The Bertz CT molecular complexity index is 979. The second-order valence-corrected chi connectivity index (χ2v) is 7.84. The first-order valence-electron chi connectivity index (χ1n) is 6.89. The first-order valence-corrected chi connectivity index (χ1v) is 8.52. The number of nitrogens with zero attached hydrogens (tertiary/aromatic N) is 2. The van der Waals surface area contributed by atoms with Gasteiger partial charge in [-0.15, -0.1) is 22.7 Å². The molecule has 2 nitrogen and oxygen atoms in total. The molecule has 0 spiro atoms. The SMILES string of the molecule is Cc1nc2c(s1)sc1cc(-c3cccc[n+]3C)c(C)cc12. The standard InChI is InChI=1S/C17H15N2S2/c1-10-8-13-15(21-17-16(13)18-11(2)20-17)9-12(10)14-6-4-5-7-19(14)3/h4-9H,1-3H3/q+1. The van der Waals surface area contributed by atoms with Gasteiger partial charge in [-0.3, -0.25) is 0 Å². The zero-order valence-corrected chi connectivity index (χ0v) is 13.8. The summed E-state index contributed by atoms with van der Waals surface area (Å²) in [5.41, 5.74) is 5.02. The van der Waals surface area contributed by atoms with Crippen molar-refractivity contribution >= 4 is 42.3 Å². The fraction of sp³-hybridized carbons (Fsp3) is 0.176. The van der Waals surface area contributed by atoms with E-state index in [0.717, 1.165) is 5.01 Å². The largest absolute Gasteiger partial charge is 0.240 e. The number of thiophene rings is 1. The first kappa shape index (κ1) is 12.9. The van der Waals surface area contributed by atoms with Crippen LogP contribution in [0.25, 0.3) is 30.9 Å². The van der Waals surface area contributed by atoms with Crippen LogP contribution < -0.4 is 4.57 Å². The Morgan fingerprint density at radius 2 is 1.95 bits per heavy atom. The Labute approximate surface area is 131 Å². The third kappa shape index (κ3) is 1.98. The van der Waals surface area contributed by atoms with Crippen LogP contribution in [-0.2, 0) is 7.05 Å². The van der Waals surface area contributed by atoms with Crippen molar-refractivity contribution in [1.82, 2.24) is 4.98 Å². The van der Waals surface area contributed by atoms with E-state index in [1.54, 1.807) is 11.3 Å². The normalized spacial score (nSPS) is 11.6. The molecule has 0 amide bonds. The lowest BCUT2D eigenvalue weighted by molar-refractivity contribution is -0.660. The van der Waals surface area contributed by atoms with Gasteiger partial charge in [0.2, 0.25) is 5.69 Å². The van der Waals surface area contributed by atoms with Gasteiger partial charge in [0, 0.05) is 22.2 Å². The van der Waals surface area contributed by atoms with Crippen LogP contribution in [0.5, 0.6) is 0 Å². The van der Waals surface area contributed by atoms with Crippen LogP contribution in [0.2, 0.25) is 0 Å². The molecule has 0 unspecified atom stereocenters. The highest BCUT2D eigenvalue weighted by atomic mass is 32.2. The summed E-state index contributed by atoms with van der Waals surface area (Å²) in [6.45, 7) is 4.26. The van der Waals surface area contributed by atoms with Gasteiger partial charge < -0.3 is 0 Å². The van der Waals surface area contributed by atoms with Gasteiger partial charge in [0.05, 0.1) is 10.6 Å². The Balaban J connectivity index is 2.03. The second kappa shape index (κ2) is 4.61. The highest BCUT2D eigenvalue weighted by Gasteiger charge is 2.16. The molecular formula is C17H15N2S2+. The molecule has 0 aliphatic carbocycles. The van der Waals surface area contributed by atoms with Crippen molar-refractivity contribution in [1.29, 1.82) is 0 Å². The van der Waals surface area contributed by atoms with E-state index in [-0.39, 0.29) is 0 Å². The summed E-state index contributed by atoms with van der Waals surface area (Å²) in [5.74, 6) is 0. The quantitative estimate of drug-likeness (QED) is 0.469. The molecule has 0 atom stereocenters. The van der Waals surface area contributed by atoms with Crippen LogP contribution >= 0.6 is 22.7 Å². The summed E-state index contributed by atoms with van der Waals surface area (Å²) < 4.78 is 4.83. The average Bonchev–Trinajstić information content (AvgIpc) is 2.95. The van der Waals surface area contributed by atoms with E-state index < -0.39 is 0 Å². The molecule has 104 valence electrons. The molecule has 4 aromatic rings. The molecule has 3 aromatic heterocycles. The maximum absolute atomic E-state index is 4.69. The van der Waals surface area contributed by atoms with Crippen molar-refractivity contribution in [3.63, 3.8) is 0 Å². The number of thiazole rings is 1. The molecule has 0 saturated carbocycles. The minimum absolute atomic E-state index is 1.15. The zero-order valence-electron chi connectivity index (χ0n) is 12.2. The van der Waals surface area contributed by atoms with Crippen molar-refractivity contribution in [2.75, 3.05) is 0 Å². The number of aryl methyl sites for hydroxylation is 3. The number of fused-ring (bicyclic) bond motifs is 3. The van der Waals surface area contributed by atoms with Gasteiger partial charge in [-0.1, -0.05) is 0 Å². The Kier molecular flexibility index (Phi) is 2.84. The van der Waals surface area contributed by atoms with E-state index >= 15 is 0 Å². The molecule has 4 rings (SSSR count). The predicted molar refractivity (Wildman–Crippen MR) is 91.1 cm³/mol. The van der Waals surface area contributed by atoms with Crippen LogP contribution in [0.1, 0.15) is 10.6 Å². The Morgan fingerprint density at radius 3 is 2.76 bits per heavy atom. The molecule has 0 fully saturated rings. The monoisotopic (exact) mass is 311 g/mol. The predicted octanol–water partition coefficient (Wildman–Crippen LogP) is 4.62. The Hall–Kier alpha value is -1.78. The van der Waals surface area contributed by atoms with Crippen LogP contribution in [-0.4, -0.2) is 4.98 Å². The van der Waals surface area contributed by atoms with Gasteiger partial charge in [0.25, 0.3) is 0 Å². The van der Waals surface area contributed by atoms with Crippen molar-refractivity contribution < 1.29 is 4.57 Å². The molecule has 4 heteroatoms. The smallest absolute Gasteiger partial charge is 0.212 e. The summed E-state index contributed by atoms with van der Waals surface area (Å²) in [5, 5.41) is 2.44. The number of hydrogen-bond acceptors (Lipinski definition) is 3. The third-order valence-corrected chi connectivity index (χ3v) is 6.02. The summed E-state index contributed by atoms with van der Waals surface area (Å²) in [4.78, 5) is 4.69. The maximum atomic E-state index is 4.69. The van der Waals surface area contributed by atoms with Gasteiger partial charge in [-0.05, 0) is 37.6 Å². The molecule has 0 aliphatic heterocycles. The minimum Gasteiger partial charge on any atom is -0.240 e. The van der Waals surface area contributed by atoms with Crippen LogP contribution in [0.3, 0.4) is 0 Å². The van der Waals surface area contributed by atoms with Crippen molar-refractivity contribution in [3.05, 3.63) is 47.1 Å². The minimum atomic E-state index is 1.15.